The van der Waals surface area contributed by atoms with Crippen LogP contribution in [0.1, 0.15) is 12.8 Å². The van der Waals surface area contributed by atoms with Crippen LogP contribution in [-0.4, -0.2) is 55.6 Å². The first-order valence-electron chi connectivity index (χ1n) is 6.45. The van der Waals surface area contributed by atoms with Crippen molar-refractivity contribution in [2.24, 2.45) is 5.41 Å². The van der Waals surface area contributed by atoms with Gasteiger partial charge in [0.1, 0.15) is 0 Å². The molecule has 0 unspecified atom stereocenters. The summed E-state index contributed by atoms with van der Waals surface area (Å²) in [6.45, 7) is 2.27. The molecule has 1 aliphatic heterocycles. The molecule has 6 nitrogen and oxygen atoms in total. The van der Waals surface area contributed by atoms with Crippen molar-refractivity contribution in [3.05, 3.63) is 12.4 Å². The number of hydrogen-bond acceptors (Lipinski definition) is 6. The van der Waals surface area contributed by atoms with Crippen LogP contribution in [0, 0.1) is 5.41 Å². The first kappa shape index (κ1) is 14.0. The van der Waals surface area contributed by atoms with Crippen molar-refractivity contribution in [2.75, 3.05) is 45.4 Å². The van der Waals surface area contributed by atoms with E-state index in [-0.39, 0.29) is 12.0 Å². The van der Waals surface area contributed by atoms with Gasteiger partial charge in [-0.1, -0.05) is 0 Å². The van der Waals surface area contributed by atoms with Crippen LogP contribution in [0.25, 0.3) is 0 Å². The van der Waals surface area contributed by atoms with E-state index in [0.717, 1.165) is 12.8 Å². The molecule has 1 N–H and O–H groups in total. The fourth-order valence-corrected chi connectivity index (χ4v) is 2.47. The van der Waals surface area contributed by atoms with E-state index in [0.29, 0.717) is 31.5 Å². The Morgan fingerprint density at radius 3 is 2.68 bits per heavy atom. The molecule has 0 aliphatic carbocycles. The minimum atomic E-state index is -0.129. The predicted molar refractivity (Wildman–Crippen MR) is 71.4 cm³/mol. The van der Waals surface area contributed by atoms with E-state index >= 15 is 0 Å². The van der Waals surface area contributed by atoms with Gasteiger partial charge in [0.2, 0.25) is 0 Å². The summed E-state index contributed by atoms with van der Waals surface area (Å²) in [4.78, 5) is 10.4. The number of anilines is 1. The van der Waals surface area contributed by atoms with Gasteiger partial charge in [0.15, 0.2) is 5.82 Å². The normalized spacial score (nSPS) is 18.1. The Hall–Kier alpha value is -1.40. The van der Waals surface area contributed by atoms with Gasteiger partial charge < -0.3 is 19.5 Å². The Morgan fingerprint density at radius 1 is 1.37 bits per heavy atom. The standard InChI is InChI=1S/C13H21N3O3/c1-16(11-12(18-2)15-6-5-14-11)9-13(10-17)3-7-19-8-4-13/h5-6,17H,3-4,7-10H2,1-2H3. The maximum absolute atomic E-state index is 9.71. The second kappa shape index (κ2) is 6.16. The number of aromatic nitrogens is 2. The van der Waals surface area contributed by atoms with Gasteiger partial charge in [0, 0.05) is 44.6 Å². The topological polar surface area (TPSA) is 67.7 Å². The molecule has 1 aliphatic rings. The third-order valence-corrected chi connectivity index (χ3v) is 3.66. The number of ether oxygens (including phenoxy) is 2. The number of methoxy groups -OCH3 is 1. The Bertz CT molecular complexity index is 408. The van der Waals surface area contributed by atoms with Crippen molar-refractivity contribution in [3.63, 3.8) is 0 Å². The summed E-state index contributed by atoms with van der Waals surface area (Å²) in [6, 6.07) is 0. The number of nitrogens with zero attached hydrogens (tertiary/aromatic N) is 3. The van der Waals surface area contributed by atoms with Crippen LogP contribution in [0.15, 0.2) is 12.4 Å². The highest BCUT2D eigenvalue weighted by Gasteiger charge is 2.34. The third-order valence-electron chi connectivity index (χ3n) is 3.66. The minimum Gasteiger partial charge on any atom is -0.478 e. The first-order chi connectivity index (χ1) is 9.21. The number of rotatable bonds is 5. The third kappa shape index (κ3) is 3.13. The quantitative estimate of drug-likeness (QED) is 0.847. The zero-order valence-electron chi connectivity index (χ0n) is 11.5. The van der Waals surface area contributed by atoms with Gasteiger partial charge in [-0.25, -0.2) is 9.97 Å². The maximum atomic E-state index is 9.71. The zero-order valence-corrected chi connectivity index (χ0v) is 11.5. The fraction of sp³-hybridized carbons (Fsp3) is 0.692. The van der Waals surface area contributed by atoms with Gasteiger partial charge in [-0.3, -0.25) is 0 Å². The highest BCUT2D eigenvalue weighted by atomic mass is 16.5. The van der Waals surface area contributed by atoms with Crippen LogP contribution >= 0.6 is 0 Å². The summed E-state index contributed by atoms with van der Waals surface area (Å²) in [5.74, 6) is 1.20. The molecular weight excluding hydrogens is 246 g/mol. The summed E-state index contributed by atoms with van der Waals surface area (Å²) in [6.07, 6.45) is 4.96. The van der Waals surface area contributed by atoms with Crippen molar-refractivity contribution in [3.8, 4) is 5.88 Å². The van der Waals surface area contributed by atoms with Crippen molar-refractivity contribution < 1.29 is 14.6 Å². The summed E-state index contributed by atoms with van der Waals surface area (Å²) in [7, 11) is 3.52. The average Bonchev–Trinajstić information content (AvgIpc) is 2.48. The molecule has 1 aromatic heterocycles. The lowest BCUT2D eigenvalue weighted by molar-refractivity contribution is -0.0114. The van der Waals surface area contributed by atoms with Crippen LogP contribution in [0.4, 0.5) is 5.82 Å². The summed E-state index contributed by atoms with van der Waals surface area (Å²) in [5, 5.41) is 9.71. The lowest BCUT2D eigenvalue weighted by Crippen LogP contribution is -2.43. The zero-order chi connectivity index (χ0) is 13.7. The molecule has 2 heterocycles. The molecule has 1 aromatic rings. The van der Waals surface area contributed by atoms with Crippen molar-refractivity contribution in [2.45, 2.75) is 12.8 Å². The van der Waals surface area contributed by atoms with Crippen LogP contribution in [0.5, 0.6) is 5.88 Å². The van der Waals surface area contributed by atoms with E-state index in [1.54, 1.807) is 19.5 Å². The molecule has 0 saturated carbocycles. The maximum Gasteiger partial charge on any atom is 0.257 e. The van der Waals surface area contributed by atoms with E-state index in [9.17, 15) is 5.11 Å². The molecule has 19 heavy (non-hydrogen) atoms. The van der Waals surface area contributed by atoms with E-state index in [1.807, 2.05) is 11.9 Å². The van der Waals surface area contributed by atoms with Crippen LogP contribution in [-0.2, 0) is 4.74 Å². The van der Waals surface area contributed by atoms with Crippen LogP contribution < -0.4 is 9.64 Å². The summed E-state index contributed by atoms with van der Waals surface area (Å²) in [5.41, 5.74) is -0.129. The number of aliphatic hydroxyl groups is 1. The first-order valence-corrected chi connectivity index (χ1v) is 6.45. The number of aliphatic hydroxyl groups excluding tert-OH is 1. The van der Waals surface area contributed by atoms with E-state index in [1.165, 1.54) is 0 Å². The molecule has 0 radical (unpaired) electrons. The predicted octanol–water partition coefficient (Wildman–Crippen LogP) is 0.710. The Balaban J connectivity index is 2.12. The molecule has 6 heteroatoms. The highest BCUT2D eigenvalue weighted by molar-refractivity contribution is 5.47. The molecule has 0 atom stereocenters. The molecular formula is C13H21N3O3. The van der Waals surface area contributed by atoms with Gasteiger partial charge in [-0.15, -0.1) is 0 Å². The Labute approximate surface area is 113 Å². The van der Waals surface area contributed by atoms with Crippen LogP contribution in [0.2, 0.25) is 0 Å². The van der Waals surface area contributed by atoms with Gasteiger partial charge in [-0.2, -0.15) is 0 Å². The molecule has 0 bridgehead atoms. The van der Waals surface area contributed by atoms with Crippen LogP contribution in [0.3, 0.4) is 0 Å². The lowest BCUT2D eigenvalue weighted by Gasteiger charge is -2.38. The van der Waals surface area contributed by atoms with Crippen molar-refractivity contribution >= 4 is 5.82 Å². The Kier molecular flexibility index (Phi) is 4.55. The molecule has 0 aromatic carbocycles. The second-order valence-corrected chi connectivity index (χ2v) is 5.02. The summed E-state index contributed by atoms with van der Waals surface area (Å²) >= 11 is 0. The van der Waals surface area contributed by atoms with Crippen molar-refractivity contribution in [1.29, 1.82) is 0 Å². The minimum absolute atomic E-state index is 0.129. The molecule has 0 amide bonds. The molecule has 1 fully saturated rings. The molecule has 1 saturated heterocycles. The SMILES string of the molecule is COc1nccnc1N(C)CC1(CO)CCOCC1. The monoisotopic (exact) mass is 267 g/mol. The largest absolute Gasteiger partial charge is 0.478 e. The molecule has 0 spiro atoms. The van der Waals surface area contributed by atoms with E-state index in [4.69, 9.17) is 9.47 Å². The van der Waals surface area contributed by atoms with E-state index in [2.05, 4.69) is 9.97 Å². The average molecular weight is 267 g/mol. The van der Waals surface area contributed by atoms with Gasteiger partial charge in [-0.05, 0) is 12.8 Å². The van der Waals surface area contributed by atoms with Gasteiger partial charge >= 0.3 is 0 Å². The summed E-state index contributed by atoms with van der Waals surface area (Å²) < 4.78 is 10.6. The fourth-order valence-electron chi connectivity index (χ4n) is 2.47. The van der Waals surface area contributed by atoms with E-state index < -0.39 is 0 Å². The lowest BCUT2D eigenvalue weighted by atomic mass is 9.80. The smallest absolute Gasteiger partial charge is 0.257 e. The van der Waals surface area contributed by atoms with Crippen molar-refractivity contribution in [1.82, 2.24) is 9.97 Å². The van der Waals surface area contributed by atoms with Gasteiger partial charge in [0.05, 0.1) is 13.7 Å². The second-order valence-electron chi connectivity index (χ2n) is 5.02. The molecule has 2 rings (SSSR count). The van der Waals surface area contributed by atoms with Gasteiger partial charge in [0.25, 0.3) is 5.88 Å². The highest BCUT2D eigenvalue weighted by Crippen LogP contribution is 2.33. The Morgan fingerprint density at radius 2 is 2.05 bits per heavy atom. The molecule has 106 valence electrons. The number of hydrogen-bond donors (Lipinski definition) is 1.